The van der Waals surface area contributed by atoms with Crippen molar-refractivity contribution in [1.29, 1.82) is 0 Å². The monoisotopic (exact) mass is 396 g/mol. The van der Waals surface area contributed by atoms with Crippen LogP contribution < -0.4 is 4.31 Å². The number of hydrogen-bond donors (Lipinski definition) is 0. The topological polar surface area (TPSA) is 63.4 Å². The molecule has 0 saturated carbocycles. The molecule has 0 spiro atoms. The third kappa shape index (κ3) is 2.52. The van der Waals surface area contributed by atoms with Crippen LogP contribution in [-0.2, 0) is 16.6 Å². The average molecular weight is 397 g/mol. The van der Waals surface area contributed by atoms with Gasteiger partial charge < -0.3 is 4.42 Å². The molecule has 2 heterocycles. The third-order valence-corrected chi connectivity index (χ3v) is 6.68. The van der Waals surface area contributed by atoms with E-state index in [-0.39, 0.29) is 6.54 Å². The molecular weight excluding hydrogens is 384 g/mol. The van der Waals surface area contributed by atoms with Crippen LogP contribution in [0.5, 0.6) is 0 Å². The minimum atomic E-state index is -3.62. The van der Waals surface area contributed by atoms with E-state index in [0.717, 1.165) is 16.3 Å². The summed E-state index contributed by atoms with van der Waals surface area (Å²) in [5, 5.41) is 2.28. The highest BCUT2D eigenvalue weighted by molar-refractivity contribution is 7.93. The first kappa shape index (κ1) is 16.4. The Balaban J connectivity index is 1.54. The highest BCUT2D eigenvalue weighted by Crippen LogP contribution is 2.42. The lowest BCUT2D eigenvalue weighted by molar-refractivity contribution is 0.572. The van der Waals surface area contributed by atoms with Gasteiger partial charge in [0.15, 0.2) is 0 Å². The van der Waals surface area contributed by atoms with Crippen LogP contribution in [0, 0.1) is 0 Å². The number of aromatic nitrogens is 1. The van der Waals surface area contributed by atoms with Crippen LogP contribution in [0.4, 0.5) is 5.69 Å². The largest absolute Gasteiger partial charge is 0.444 e. The van der Waals surface area contributed by atoms with Crippen molar-refractivity contribution in [2.24, 2.45) is 0 Å². The van der Waals surface area contributed by atoms with E-state index in [1.54, 1.807) is 36.4 Å². The molecule has 1 aromatic heterocycles. The molecule has 4 aromatic rings. The minimum absolute atomic E-state index is 0.104. The molecule has 7 heteroatoms. The maximum absolute atomic E-state index is 13.0. The van der Waals surface area contributed by atoms with E-state index in [1.807, 2.05) is 24.3 Å². The van der Waals surface area contributed by atoms with Gasteiger partial charge in [-0.1, -0.05) is 35.9 Å². The zero-order valence-electron chi connectivity index (χ0n) is 14.0. The Bertz CT molecular complexity index is 1280. The van der Waals surface area contributed by atoms with Crippen LogP contribution in [0.15, 0.2) is 76.2 Å². The van der Waals surface area contributed by atoms with Crippen molar-refractivity contribution in [3.8, 4) is 11.5 Å². The molecule has 0 aliphatic carbocycles. The highest BCUT2D eigenvalue weighted by atomic mass is 35.5. The summed E-state index contributed by atoms with van der Waals surface area (Å²) in [5.74, 6) is 0.425. The van der Waals surface area contributed by atoms with E-state index in [0.29, 0.717) is 27.2 Å². The Morgan fingerprint density at radius 2 is 1.74 bits per heavy atom. The number of sulfonamides is 1. The molecule has 0 fully saturated rings. The maximum Gasteiger partial charge on any atom is 0.265 e. The first-order chi connectivity index (χ1) is 13.0. The van der Waals surface area contributed by atoms with Gasteiger partial charge in [0, 0.05) is 16.0 Å². The van der Waals surface area contributed by atoms with E-state index in [4.69, 9.17) is 16.0 Å². The van der Waals surface area contributed by atoms with Crippen molar-refractivity contribution >= 4 is 38.1 Å². The molecule has 0 N–H and O–H groups in total. The number of anilines is 1. The van der Waals surface area contributed by atoms with E-state index in [2.05, 4.69) is 4.98 Å². The smallest absolute Gasteiger partial charge is 0.265 e. The van der Waals surface area contributed by atoms with Crippen LogP contribution in [0.2, 0.25) is 5.02 Å². The second-order valence-corrected chi connectivity index (χ2v) is 8.56. The van der Waals surface area contributed by atoms with Crippen molar-refractivity contribution < 1.29 is 12.8 Å². The van der Waals surface area contributed by atoms with E-state index in [9.17, 15) is 8.42 Å². The van der Waals surface area contributed by atoms with Gasteiger partial charge in [-0.2, -0.15) is 0 Å². The SMILES string of the molecule is O=S1(=O)c2cccc3cccc(c23)N1Cc1coc(-c2ccc(Cl)cc2)n1. The molecule has 0 radical (unpaired) electrons. The summed E-state index contributed by atoms with van der Waals surface area (Å²) in [4.78, 5) is 4.78. The van der Waals surface area contributed by atoms with Crippen LogP contribution in [-0.4, -0.2) is 13.4 Å². The van der Waals surface area contributed by atoms with Crippen molar-refractivity contribution in [2.45, 2.75) is 11.4 Å². The molecule has 0 unspecified atom stereocenters. The summed E-state index contributed by atoms with van der Waals surface area (Å²) in [5.41, 5.74) is 1.98. The third-order valence-electron chi connectivity index (χ3n) is 4.63. The van der Waals surface area contributed by atoms with E-state index >= 15 is 0 Å². The van der Waals surface area contributed by atoms with Gasteiger partial charge in [0.2, 0.25) is 5.89 Å². The standard InChI is InChI=1S/C20H13ClN2O3S/c21-15-9-7-14(8-10-15)20-22-16(12-26-20)11-23-17-5-1-3-13-4-2-6-18(19(13)17)27(23,24)25/h1-10,12H,11H2. The number of benzene rings is 3. The minimum Gasteiger partial charge on any atom is -0.444 e. The van der Waals surface area contributed by atoms with Gasteiger partial charge in [-0.25, -0.2) is 13.4 Å². The van der Waals surface area contributed by atoms with Crippen molar-refractivity contribution in [3.63, 3.8) is 0 Å². The summed E-state index contributed by atoms with van der Waals surface area (Å²) < 4.78 is 33.0. The van der Waals surface area contributed by atoms with Crippen LogP contribution in [0.25, 0.3) is 22.2 Å². The number of rotatable bonds is 3. The predicted octanol–water partition coefficient (Wildman–Crippen LogP) is 4.86. The van der Waals surface area contributed by atoms with Gasteiger partial charge in [-0.05, 0) is 41.8 Å². The molecule has 5 nitrogen and oxygen atoms in total. The van der Waals surface area contributed by atoms with Crippen molar-refractivity contribution in [1.82, 2.24) is 4.98 Å². The fourth-order valence-corrected chi connectivity index (χ4v) is 5.19. The maximum atomic E-state index is 13.0. The lowest BCUT2D eigenvalue weighted by Gasteiger charge is -2.17. The quantitative estimate of drug-likeness (QED) is 0.496. The fourth-order valence-electron chi connectivity index (χ4n) is 3.38. The molecule has 0 atom stereocenters. The van der Waals surface area contributed by atoms with Gasteiger partial charge in [0.1, 0.15) is 12.0 Å². The van der Waals surface area contributed by atoms with Crippen LogP contribution >= 0.6 is 11.6 Å². The number of halogens is 1. The Labute approximate surface area is 160 Å². The summed E-state index contributed by atoms with van der Waals surface area (Å²) in [6, 6.07) is 18.0. The molecule has 1 aliphatic rings. The van der Waals surface area contributed by atoms with E-state index in [1.165, 1.54) is 10.6 Å². The lowest BCUT2D eigenvalue weighted by atomic mass is 10.1. The number of oxazole rings is 1. The Morgan fingerprint density at radius 3 is 2.52 bits per heavy atom. The average Bonchev–Trinajstić information content (AvgIpc) is 3.21. The molecule has 134 valence electrons. The molecule has 0 amide bonds. The Morgan fingerprint density at radius 1 is 1.00 bits per heavy atom. The zero-order valence-corrected chi connectivity index (χ0v) is 15.5. The second kappa shape index (κ2) is 5.84. The first-order valence-electron chi connectivity index (χ1n) is 8.29. The Hall–Kier alpha value is -2.83. The molecule has 27 heavy (non-hydrogen) atoms. The normalized spacial score (nSPS) is 14.8. The van der Waals surface area contributed by atoms with Gasteiger partial charge in [0.05, 0.1) is 17.1 Å². The van der Waals surface area contributed by atoms with Gasteiger partial charge in [-0.15, -0.1) is 0 Å². The van der Waals surface area contributed by atoms with E-state index < -0.39 is 10.0 Å². The molecule has 3 aromatic carbocycles. The summed E-state index contributed by atoms with van der Waals surface area (Å²) in [6.07, 6.45) is 1.49. The van der Waals surface area contributed by atoms with Crippen LogP contribution in [0.3, 0.4) is 0 Å². The number of nitrogens with zero attached hydrogens (tertiary/aromatic N) is 2. The van der Waals surface area contributed by atoms with Crippen molar-refractivity contribution in [3.05, 3.63) is 77.6 Å². The summed E-state index contributed by atoms with van der Waals surface area (Å²) >= 11 is 5.91. The highest BCUT2D eigenvalue weighted by Gasteiger charge is 2.35. The lowest BCUT2D eigenvalue weighted by Crippen LogP contribution is -2.26. The summed E-state index contributed by atoms with van der Waals surface area (Å²) in [6.45, 7) is 0.104. The van der Waals surface area contributed by atoms with Crippen LogP contribution in [0.1, 0.15) is 5.69 Å². The van der Waals surface area contributed by atoms with Gasteiger partial charge in [0.25, 0.3) is 10.0 Å². The predicted molar refractivity (Wildman–Crippen MR) is 104 cm³/mol. The molecule has 0 bridgehead atoms. The Kier molecular flexibility index (Phi) is 3.54. The molecule has 0 saturated heterocycles. The first-order valence-corrected chi connectivity index (χ1v) is 10.1. The number of hydrogen-bond acceptors (Lipinski definition) is 4. The molecule has 1 aliphatic heterocycles. The fraction of sp³-hybridized carbons (Fsp3) is 0.0500. The zero-order chi connectivity index (χ0) is 18.6. The molecular formula is C20H13ClN2O3S. The van der Waals surface area contributed by atoms with Crippen molar-refractivity contribution in [2.75, 3.05) is 4.31 Å². The van der Waals surface area contributed by atoms with Gasteiger partial charge in [-0.3, -0.25) is 4.31 Å². The second-order valence-electron chi connectivity index (χ2n) is 6.29. The van der Waals surface area contributed by atoms with Gasteiger partial charge >= 0.3 is 0 Å². The summed E-state index contributed by atoms with van der Waals surface area (Å²) in [7, 11) is -3.62. The molecule has 5 rings (SSSR count).